The topological polar surface area (TPSA) is 79.8 Å². The minimum atomic E-state index is -0.839. The molecule has 0 aliphatic rings. The van der Waals surface area contributed by atoms with Crippen LogP contribution in [0.15, 0.2) is 77.9 Å². The molecule has 2 N–H and O–H groups in total. The lowest BCUT2D eigenvalue weighted by molar-refractivity contribution is -0.136. The summed E-state index contributed by atoms with van der Waals surface area (Å²) in [5, 5.41) is 6.49. The maximum absolute atomic E-state index is 12.1. The van der Waals surface area contributed by atoms with Crippen LogP contribution in [0.5, 0.6) is 5.75 Å². The molecule has 0 saturated carbocycles. The lowest BCUT2D eigenvalue weighted by Gasteiger charge is -2.09. The fourth-order valence-corrected chi connectivity index (χ4v) is 2.96. The molecule has 3 rings (SSSR count). The van der Waals surface area contributed by atoms with Gasteiger partial charge in [0.05, 0.1) is 6.21 Å². The summed E-state index contributed by atoms with van der Waals surface area (Å²) in [7, 11) is 0. The second kappa shape index (κ2) is 10.7. The molecule has 0 aliphatic carbocycles. The first-order chi connectivity index (χ1) is 15.1. The molecule has 6 heteroatoms. The van der Waals surface area contributed by atoms with E-state index in [1.54, 1.807) is 12.1 Å². The summed E-state index contributed by atoms with van der Waals surface area (Å²) < 4.78 is 5.85. The summed E-state index contributed by atoms with van der Waals surface area (Å²) >= 11 is 0. The first-order valence-corrected chi connectivity index (χ1v) is 10.1. The summed E-state index contributed by atoms with van der Waals surface area (Å²) in [5.41, 5.74) is 6.84. The number of ether oxygens (including phenoxy) is 1. The van der Waals surface area contributed by atoms with Gasteiger partial charge in [0, 0.05) is 5.69 Å². The van der Waals surface area contributed by atoms with Gasteiger partial charge in [-0.25, -0.2) is 5.43 Å². The van der Waals surface area contributed by atoms with Crippen molar-refractivity contribution in [2.75, 3.05) is 5.32 Å². The molecule has 0 fully saturated rings. The monoisotopic (exact) mass is 415 g/mol. The highest BCUT2D eigenvalue weighted by Crippen LogP contribution is 2.16. The van der Waals surface area contributed by atoms with Crippen molar-refractivity contribution in [3.63, 3.8) is 0 Å². The summed E-state index contributed by atoms with van der Waals surface area (Å²) in [5.74, 6) is -0.921. The van der Waals surface area contributed by atoms with Crippen LogP contribution in [0.25, 0.3) is 0 Å². The predicted octanol–water partition coefficient (Wildman–Crippen LogP) is 4.23. The Hall–Kier alpha value is -3.93. The van der Waals surface area contributed by atoms with Crippen molar-refractivity contribution in [3.05, 3.63) is 95.1 Å². The van der Waals surface area contributed by atoms with Gasteiger partial charge in [0.2, 0.25) is 0 Å². The quantitative estimate of drug-likeness (QED) is 0.344. The van der Waals surface area contributed by atoms with E-state index in [4.69, 9.17) is 4.74 Å². The third-order valence-corrected chi connectivity index (χ3v) is 4.75. The fourth-order valence-electron chi connectivity index (χ4n) is 2.96. The molecule has 0 bridgehead atoms. The molecule has 6 nitrogen and oxygen atoms in total. The number of aryl methyl sites for hydroxylation is 2. The second-order valence-electron chi connectivity index (χ2n) is 6.95. The van der Waals surface area contributed by atoms with Crippen LogP contribution in [0.3, 0.4) is 0 Å². The van der Waals surface area contributed by atoms with Gasteiger partial charge >= 0.3 is 11.8 Å². The average Bonchev–Trinajstić information content (AvgIpc) is 2.79. The summed E-state index contributed by atoms with van der Waals surface area (Å²) in [6, 6.07) is 22.7. The number of nitrogens with one attached hydrogen (secondary N) is 2. The Kier molecular flexibility index (Phi) is 7.54. The Balaban J connectivity index is 1.54. The third kappa shape index (κ3) is 6.27. The van der Waals surface area contributed by atoms with Crippen LogP contribution in [-0.2, 0) is 22.6 Å². The molecule has 0 aromatic heterocycles. The summed E-state index contributed by atoms with van der Waals surface area (Å²) in [6.45, 7) is 4.49. The number of para-hydroxylation sites is 1. The van der Waals surface area contributed by atoms with E-state index in [2.05, 4.69) is 15.8 Å². The molecule has 0 heterocycles. The van der Waals surface area contributed by atoms with Gasteiger partial charge in [0.1, 0.15) is 12.4 Å². The molecule has 3 aromatic carbocycles. The van der Waals surface area contributed by atoms with Crippen LogP contribution in [0.1, 0.15) is 29.2 Å². The van der Waals surface area contributed by atoms with E-state index < -0.39 is 11.8 Å². The molecule has 0 saturated heterocycles. The molecular formula is C25H25N3O3. The smallest absolute Gasteiger partial charge is 0.329 e. The van der Waals surface area contributed by atoms with Gasteiger partial charge in [-0.3, -0.25) is 9.59 Å². The normalized spacial score (nSPS) is 10.6. The van der Waals surface area contributed by atoms with E-state index in [9.17, 15) is 9.59 Å². The van der Waals surface area contributed by atoms with Crippen LogP contribution in [-0.4, -0.2) is 18.0 Å². The highest BCUT2D eigenvalue weighted by atomic mass is 16.5. The highest BCUT2D eigenvalue weighted by molar-refractivity contribution is 6.39. The summed E-state index contributed by atoms with van der Waals surface area (Å²) in [4.78, 5) is 24.1. The maximum atomic E-state index is 12.1. The van der Waals surface area contributed by atoms with Crippen LogP contribution in [0.4, 0.5) is 5.69 Å². The standard InChI is InChI=1S/C25H25N3O3/c1-3-20-11-6-7-14-23(20)27-24(29)25(30)28-26-16-19-10-8-13-22(15-19)31-17-21-12-5-4-9-18(21)2/h4-16H,3,17H2,1-2H3,(H,27,29)(H,28,30)/b26-16+. The van der Waals surface area contributed by atoms with E-state index in [0.29, 0.717) is 18.0 Å². The molecule has 0 atom stereocenters. The molecule has 0 unspecified atom stereocenters. The number of nitrogens with zero attached hydrogens (tertiary/aromatic N) is 1. The van der Waals surface area contributed by atoms with E-state index in [0.717, 1.165) is 23.1 Å². The SMILES string of the molecule is CCc1ccccc1NC(=O)C(=O)N/N=C/c1cccc(OCc2ccccc2C)c1. The second-order valence-corrected chi connectivity index (χ2v) is 6.95. The van der Waals surface area contributed by atoms with Crippen LogP contribution >= 0.6 is 0 Å². The number of hydrogen-bond donors (Lipinski definition) is 2. The van der Waals surface area contributed by atoms with Gasteiger partial charge in [-0.2, -0.15) is 5.10 Å². The van der Waals surface area contributed by atoms with Gasteiger partial charge < -0.3 is 10.1 Å². The molecule has 2 amide bonds. The van der Waals surface area contributed by atoms with Crippen molar-refractivity contribution in [2.45, 2.75) is 26.9 Å². The molecule has 0 radical (unpaired) electrons. The maximum Gasteiger partial charge on any atom is 0.329 e. The van der Waals surface area contributed by atoms with Gasteiger partial charge in [-0.1, -0.05) is 61.5 Å². The Morgan fingerprint density at radius 3 is 2.45 bits per heavy atom. The summed E-state index contributed by atoms with van der Waals surface area (Å²) in [6.07, 6.45) is 2.21. The zero-order chi connectivity index (χ0) is 22.1. The number of anilines is 1. The minimum absolute atomic E-state index is 0.462. The van der Waals surface area contributed by atoms with E-state index >= 15 is 0 Å². The fraction of sp³-hybridized carbons (Fsp3) is 0.160. The number of carbonyl (C=O) groups is 2. The van der Waals surface area contributed by atoms with Crippen molar-refractivity contribution in [3.8, 4) is 5.75 Å². The number of rotatable bonds is 7. The zero-order valence-corrected chi connectivity index (χ0v) is 17.6. The minimum Gasteiger partial charge on any atom is -0.489 e. The van der Waals surface area contributed by atoms with Crippen molar-refractivity contribution < 1.29 is 14.3 Å². The van der Waals surface area contributed by atoms with Gasteiger partial charge in [-0.15, -0.1) is 0 Å². The van der Waals surface area contributed by atoms with Crippen molar-refractivity contribution in [1.29, 1.82) is 0 Å². The van der Waals surface area contributed by atoms with E-state index in [-0.39, 0.29) is 0 Å². The molecule has 0 spiro atoms. The van der Waals surface area contributed by atoms with Crippen LogP contribution < -0.4 is 15.5 Å². The van der Waals surface area contributed by atoms with Crippen molar-refractivity contribution >= 4 is 23.7 Å². The number of hydrogen-bond acceptors (Lipinski definition) is 4. The lowest BCUT2D eigenvalue weighted by atomic mass is 10.1. The first kappa shape index (κ1) is 21.8. The molecular weight excluding hydrogens is 390 g/mol. The van der Waals surface area contributed by atoms with Crippen molar-refractivity contribution in [2.24, 2.45) is 5.10 Å². The Morgan fingerprint density at radius 1 is 0.935 bits per heavy atom. The van der Waals surface area contributed by atoms with E-state index in [1.165, 1.54) is 11.8 Å². The number of carbonyl (C=O) groups excluding carboxylic acids is 2. The molecule has 0 aliphatic heterocycles. The van der Waals surface area contributed by atoms with E-state index in [1.807, 2.05) is 74.5 Å². The van der Waals surface area contributed by atoms with Gasteiger partial charge in [-0.05, 0) is 53.8 Å². The average molecular weight is 415 g/mol. The molecule has 31 heavy (non-hydrogen) atoms. The first-order valence-electron chi connectivity index (χ1n) is 10.1. The van der Waals surface area contributed by atoms with Gasteiger partial charge in [0.15, 0.2) is 0 Å². The largest absolute Gasteiger partial charge is 0.489 e. The number of hydrazone groups is 1. The number of benzene rings is 3. The lowest BCUT2D eigenvalue weighted by Crippen LogP contribution is -2.32. The third-order valence-electron chi connectivity index (χ3n) is 4.75. The molecule has 3 aromatic rings. The predicted molar refractivity (Wildman–Crippen MR) is 122 cm³/mol. The number of amides is 2. The van der Waals surface area contributed by atoms with Crippen LogP contribution in [0.2, 0.25) is 0 Å². The highest BCUT2D eigenvalue weighted by Gasteiger charge is 2.14. The Morgan fingerprint density at radius 2 is 1.68 bits per heavy atom. The van der Waals surface area contributed by atoms with Crippen LogP contribution in [0, 0.1) is 6.92 Å². The van der Waals surface area contributed by atoms with Crippen molar-refractivity contribution in [1.82, 2.24) is 5.43 Å². The molecule has 158 valence electrons. The zero-order valence-electron chi connectivity index (χ0n) is 17.6. The Bertz CT molecular complexity index is 1090. The Labute approximate surface area is 182 Å². The van der Waals surface area contributed by atoms with Gasteiger partial charge in [0.25, 0.3) is 0 Å².